The highest BCUT2D eigenvalue weighted by molar-refractivity contribution is 7.19. The van der Waals surface area contributed by atoms with E-state index in [1.807, 2.05) is 78.7 Å². The molecule has 0 radical (unpaired) electrons. The summed E-state index contributed by atoms with van der Waals surface area (Å²) in [5, 5.41) is 17.9. The van der Waals surface area contributed by atoms with Gasteiger partial charge < -0.3 is 4.52 Å². The second-order valence-electron chi connectivity index (χ2n) is 8.14. The van der Waals surface area contributed by atoms with Gasteiger partial charge in [0.05, 0.1) is 16.9 Å². The van der Waals surface area contributed by atoms with Gasteiger partial charge in [0.25, 0.3) is 0 Å². The van der Waals surface area contributed by atoms with E-state index in [4.69, 9.17) is 32.7 Å². The van der Waals surface area contributed by atoms with Gasteiger partial charge in [-0.05, 0) is 48.9 Å². The van der Waals surface area contributed by atoms with Gasteiger partial charge in [0.15, 0.2) is 5.00 Å². The topological polar surface area (TPSA) is 78.9 Å². The molecule has 1 N–H and O–H groups in total. The van der Waals surface area contributed by atoms with Crippen molar-refractivity contribution in [3.8, 4) is 11.3 Å². The Morgan fingerprint density at radius 2 is 1.61 bits per heavy atom. The lowest BCUT2D eigenvalue weighted by molar-refractivity contribution is 0.435. The average Bonchev–Trinajstić information content (AvgIpc) is 3.58. The maximum absolute atomic E-state index is 6.20. The molecule has 5 aromatic rings. The van der Waals surface area contributed by atoms with Gasteiger partial charge in [-0.15, -0.1) is 10.2 Å². The zero-order chi connectivity index (χ0) is 24.6. The fraction of sp³-hybridized carbons (Fsp3) is 0.0769. The average molecular weight is 533 g/mol. The standard InChI is InChI=1S/C26H18Cl2N6OS/c1-15-25(31-30-20-13-11-19(28)12-14-20)36-26(29-15)34-23(17-7-9-18(27)10-8-17)21-22(33-35-24(21)32-34)16-5-3-2-4-6-16/h2-14,23,32H,1H3. The Morgan fingerprint density at radius 3 is 2.33 bits per heavy atom. The quantitative estimate of drug-likeness (QED) is 0.229. The summed E-state index contributed by atoms with van der Waals surface area (Å²) in [7, 11) is 0. The molecule has 36 heavy (non-hydrogen) atoms. The third-order valence-corrected chi connectivity index (χ3v) is 7.31. The summed E-state index contributed by atoms with van der Waals surface area (Å²) in [6.45, 7) is 1.91. The summed E-state index contributed by atoms with van der Waals surface area (Å²) >= 11 is 13.6. The van der Waals surface area contributed by atoms with Crippen molar-refractivity contribution < 1.29 is 4.52 Å². The smallest absolute Gasteiger partial charge is 0.249 e. The molecule has 1 unspecified atom stereocenters. The molecule has 7 nitrogen and oxygen atoms in total. The number of hydrogen-bond donors (Lipinski definition) is 1. The molecule has 0 aliphatic carbocycles. The maximum Gasteiger partial charge on any atom is 0.249 e. The number of benzene rings is 3. The van der Waals surface area contributed by atoms with Crippen molar-refractivity contribution in [2.75, 3.05) is 10.4 Å². The van der Waals surface area contributed by atoms with Gasteiger partial charge in [-0.1, -0.05) is 82.2 Å². The van der Waals surface area contributed by atoms with Gasteiger partial charge in [0, 0.05) is 15.6 Å². The number of aryl methyl sites for hydroxylation is 1. The number of fused-ring (bicyclic) bond motifs is 1. The van der Waals surface area contributed by atoms with Crippen LogP contribution >= 0.6 is 34.5 Å². The molecule has 3 aromatic carbocycles. The van der Waals surface area contributed by atoms with Crippen molar-refractivity contribution in [1.29, 1.82) is 0 Å². The lowest BCUT2D eigenvalue weighted by Gasteiger charge is -2.24. The summed E-state index contributed by atoms with van der Waals surface area (Å²) in [4.78, 5) is 4.80. The second kappa shape index (κ2) is 9.39. The first kappa shape index (κ1) is 22.7. The van der Waals surface area contributed by atoms with E-state index in [0.717, 1.165) is 33.2 Å². The van der Waals surface area contributed by atoms with Gasteiger partial charge >= 0.3 is 0 Å². The van der Waals surface area contributed by atoms with Crippen LogP contribution in [-0.2, 0) is 0 Å². The third kappa shape index (κ3) is 4.24. The minimum Gasteiger partial charge on any atom is -0.336 e. The van der Waals surface area contributed by atoms with Crippen LogP contribution in [0.1, 0.15) is 22.9 Å². The first-order chi connectivity index (χ1) is 17.6. The molecule has 1 aliphatic rings. The molecular formula is C26H18Cl2N6OS. The largest absolute Gasteiger partial charge is 0.336 e. The van der Waals surface area contributed by atoms with Crippen LogP contribution in [0.15, 0.2) is 93.6 Å². The van der Waals surface area contributed by atoms with Crippen LogP contribution in [0.2, 0.25) is 10.0 Å². The van der Waals surface area contributed by atoms with E-state index in [0.29, 0.717) is 26.6 Å². The van der Waals surface area contributed by atoms with E-state index >= 15 is 0 Å². The Hall–Kier alpha value is -3.72. The Bertz CT molecular complexity index is 1550. The highest BCUT2D eigenvalue weighted by Gasteiger charge is 2.40. The molecule has 10 heteroatoms. The number of halogens is 2. The predicted molar refractivity (Wildman–Crippen MR) is 144 cm³/mol. The van der Waals surface area contributed by atoms with Crippen molar-refractivity contribution in [3.63, 3.8) is 0 Å². The molecule has 3 heterocycles. The summed E-state index contributed by atoms with van der Waals surface area (Å²) in [6.07, 6.45) is 0. The molecular weight excluding hydrogens is 515 g/mol. The molecule has 178 valence electrons. The van der Waals surface area contributed by atoms with Crippen molar-refractivity contribution in [2.24, 2.45) is 10.2 Å². The van der Waals surface area contributed by atoms with Gasteiger partial charge in [-0.3, -0.25) is 5.43 Å². The number of rotatable bonds is 5. The Balaban J connectivity index is 1.40. The first-order valence-electron chi connectivity index (χ1n) is 11.1. The van der Waals surface area contributed by atoms with Crippen molar-refractivity contribution >= 4 is 56.2 Å². The van der Waals surface area contributed by atoms with Crippen LogP contribution in [0, 0.1) is 6.92 Å². The minimum atomic E-state index is -0.245. The zero-order valence-electron chi connectivity index (χ0n) is 18.9. The van der Waals surface area contributed by atoms with Crippen LogP contribution in [0.3, 0.4) is 0 Å². The molecule has 6 rings (SSSR count). The summed E-state index contributed by atoms with van der Waals surface area (Å²) in [5.41, 5.74) is 8.54. The van der Waals surface area contributed by atoms with Gasteiger partial charge in [0.2, 0.25) is 11.0 Å². The first-order valence-corrected chi connectivity index (χ1v) is 12.6. The molecule has 1 atom stereocenters. The third-order valence-electron chi connectivity index (χ3n) is 5.76. The van der Waals surface area contributed by atoms with Crippen molar-refractivity contribution in [3.05, 3.63) is 106 Å². The van der Waals surface area contributed by atoms with Crippen LogP contribution < -0.4 is 10.4 Å². The van der Waals surface area contributed by atoms with Crippen LogP contribution in [-0.4, -0.2) is 10.1 Å². The molecule has 2 aromatic heterocycles. The minimum absolute atomic E-state index is 0.245. The zero-order valence-corrected chi connectivity index (χ0v) is 21.2. The number of thiazole rings is 1. The number of aromatic nitrogens is 2. The lowest BCUT2D eigenvalue weighted by atomic mass is 9.96. The Kier molecular flexibility index (Phi) is 5.92. The van der Waals surface area contributed by atoms with Crippen LogP contribution in [0.25, 0.3) is 11.3 Å². The molecule has 0 fully saturated rings. The molecule has 0 saturated carbocycles. The summed E-state index contributed by atoms with van der Waals surface area (Å²) < 4.78 is 5.74. The van der Waals surface area contributed by atoms with Gasteiger partial charge in [0.1, 0.15) is 11.7 Å². The fourth-order valence-electron chi connectivity index (χ4n) is 4.04. The highest BCUT2D eigenvalue weighted by Crippen LogP contribution is 2.48. The highest BCUT2D eigenvalue weighted by atomic mass is 35.5. The van der Waals surface area contributed by atoms with Crippen molar-refractivity contribution in [1.82, 2.24) is 10.1 Å². The Labute approximate surface area is 221 Å². The summed E-state index contributed by atoms with van der Waals surface area (Å²) in [5.74, 6) is 0.575. The second-order valence-corrected chi connectivity index (χ2v) is 9.97. The lowest BCUT2D eigenvalue weighted by Crippen LogP contribution is -2.28. The van der Waals surface area contributed by atoms with E-state index in [-0.39, 0.29) is 6.04 Å². The van der Waals surface area contributed by atoms with E-state index in [2.05, 4.69) is 20.8 Å². The molecule has 0 spiro atoms. The maximum atomic E-state index is 6.20. The fourth-order valence-corrected chi connectivity index (χ4v) is 5.17. The van der Waals surface area contributed by atoms with Crippen molar-refractivity contribution in [2.45, 2.75) is 13.0 Å². The van der Waals surface area contributed by atoms with E-state index < -0.39 is 0 Å². The predicted octanol–water partition coefficient (Wildman–Crippen LogP) is 8.77. The van der Waals surface area contributed by atoms with Gasteiger partial charge in [-0.2, -0.15) is 0 Å². The summed E-state index contributed by atoms with van der Waals surface area (Å²) in [6, 6.07) is 24.7. The number of nitrogens with zero attached hydrogens (tertiary/aromatic N) is 5. The number of nitrogens with one attached hydrogen (secondary N) is 1. The van der Waals surface area contributed by atoms with E-state index in [1.54, 1.807) is 12.1 Å². The number of anilines is 2. The number of azo groups is 1. The monoisotopic (exact) mass is 532 g/mol. The van der Waals surface area contributed by atoms with E-state index in [9.17, 15) is 0 Å². The number of hydrogen-bond acceptors (Lipinski definition) is 8. The van der Waals surface area contributed by atoms with E-state index in [1.165, 1.54) is 11.3 Å². The molecule has 0 saturated heterocycles. The molecule has 0 amide bonds. The Morgan fingerprint density at radius 1 is 0.917 bits per heavy atom. The van der Waals surface area contributed by atoms with Crippen LogP contribution in [0.4, 0.5) is 21.7 Å². The van der Waals surface area contributed by atoms with Crippen LogP contribution in [0.5, 0.6) is 0 Å². The normalized spacial score (nSPS) is 14.9. The molecule has 0 bridgehead atoms. The molecule has 1 aliphatic heterocycles. The van der Waals surface area contributed by atoms with Gasteiger partial charge in [-0.25, -0.2) is 9.99 Å². The SMILES string of the molecule is Cc1nc(N2Nc3onc(-c4ccccc4)c3C2c2ccc(Cl)cc2)sc1N=Nc1ccc(Cl)cc1. The number of hydrazine groups is 1.